The number of amides is 2. The zero-order valence-corrected chi connectivity index (χ0v) is 12.8. The van der Waals surface area contributed by atoms with Crippen LogP contribution in [0.2, 0.25) is 0 Å². The lowest BCUT2D eigenvalue weighted by molar-refractivity contribution is 0.101. The smallest absolute Gasteiger partial charge is 0.315 e. The summed E-state index contributed by atoms with van der Waals surface area (Å²) in [6.45, 7) is 3.99. The van der Waals surface area contributed by atoms with Crippen LogP contribution in [0, 0.1) is 12.8 Å². The molecule has 1 aromatic heterocycles. The SMILES string of the molecule is Cc1cc(CNC(=O)N[C@](C)(CO)C2CCCCC2)no1. The monoisotopic (exact) mass is 295 g/mol. The number of nitrogens with one attached hydrogen (secondary N) is 2. The van der Waals surface area contributed by atoms with E-state index in [0.29, 0.717) is 18.2 Å². The molecule has 0 aliphatic heterocycles. The van der Waals surface area contributed by atoms with Gasteiger partial charge in [0.1, 0.15) is 11.5 Å². The van der Waals surface area contributed by atoms with Crippen LogP contribution < -0.4 is 10.6 Å². The first kappa shape index (κ1) is 15.8. The predicted molar refractivity (Wildman–Crippen MR) is 78.7 cm³/mol. The van der Waals surface area contributed by atoms with E-state index in [4.69, 9.17) is 4.52 Å². The van der Waals surface area contributed by atoms with Gasteiger partial charge in [0.15, 0.2) is 0 Å². The summed E-state index contributed by atoms with van der Waals surface area (Å²) in [4.78, 5) is 12.0. The molecule has 6 heteroatoms. The third-order valence-corrected chi connectivity index (χ3v) is 4.34. The molecule has 2 rings (SSSR count). The largest absolute Gasteiger partial charge is 0.394 e. The summed E-state index contributed by atoms with van der Waals surface area (Å²) in [5, 5.41) is 19.2. The van der Waals surface area contributed by atoms with E-state index in [1.54, 1.807) is 6.07 Å². The van der Waals surface area contributed by atoms with Gasteiger partial charge in [0, 0.05) is 6.07 Å². The van der Waals surface area contributed by atoms with Gasteiger partial charge in [-0.1, -0.05) is 24.4 Å². The Morgan fingerprint density at radius 3 is 2.76 bits per heavy atom. The minimum atomic E-state index is -0.565. The van der Waals surface area contributed by atoms with Crippen molar-refractivity contribution in [2.24, 2.45) is 5.92 Å². The molecule has 1 heterocycles. The number of nitrogens with zero attached hydrogens (tertiary/aromatic N) is 1. The van der Waals surface area contributed by atoms with Crippen molar-refractivity contribution in [1.29, 1.82) is 0 Å². The third kappa shape index (κ3) is 4.20. The van der Waals surface area contributed by atoms with E-state index >= 15 is 0 Å². The van der Waals surface area contributed by atoms with Gasteiger partial charge < -0.3 is 20.3 Å². The second kappa shape index (κ2) is 6.93. The fourth-order valence-corrected chi connectivity index (χ4v) is 2.99. The number of hydrogen-bond donors (Lipinski definition) is 3. The predicted octanol–water partition coefficient (Wildman–Crippen LogP) is 2.11. The van der Waals surface area contributed by atoms with Crippen molar-refractivity contribution in [2.45, 2.75) is 58.0 Å². The average molecular weight is 295 g/mol. The van der Waals surface area contributed by atoms with E-state index in [9.17, 15) is 9.90 Å². The third-order valence-electron chi connectivity index (χ3n) is 4.34. The van der Waals surface area contributed by atoms with Gasteiger partial charge in [0.2, 0.25) is 0 Å². The first-order valence-electron chi connectivity index (χ1n) is 7.62. The Morgan fingerprint density at radius 2 is 2.19 bits per heavy atom. The van der Waals surface area contributed by atoms with Crippen LogP contribution in [-0.4, -0.2) is 28.4 Å². The van der Waals surface area contributed by atoms with Gasteiger partial charge in [-0.15, -0.1) is 0 Å². The molecule has 1 aliphatic rings. The first-order chi connectivity index (χ1) is 10.0. The normalized spacial score (nSPS) is 19.0. The Hall–Kier alpha value is -1.56. The number of aliphatic hydroxyl groups excluding tert-OH is 1. The minimum absolute atomic E-state index is 0.0475. The average Bonchev–Trinajstić information content (AvgIpc) is 2.91. The van der Waals surface area contributed by atoms with Crippen LogP contribution in [0.4, 0.5) is 4.79 Å². The number of carbonyl (C=O) groups is 1. The van der Waals surface area contributed by atoms with Crippen molar-refractivity contribution >= 4 is 6.03 Å². The molecule has 1 aliphatic carbocycles. The summed E-state index contributed by atoms with van der Waals surface area (Å²) in [6, 6.07) is 1.50. The molecule has 21 heavy (non-hydrogen) atoms. The Bertz CT molecular complexity index is 468. The van der Waals surface area contributed by atoms with Crippen molar-refractivity contribution in [3.05, 3.63) is 17.5 Å². The molecule has 0 spiro atoms. The standard InChI is InChI=1S/C15H25N3O3/c1-11-8-13(18-21-11)9-16-14(20)17-15(2,10-19)12-6-4-3-5-7-12/h8,12,19H,3-7,9-10H2,1-2H3,(H2,16,17,20)/t15-/m1/s1. The van der Waals surface area contributed by atoms with Crippen LogP contribution in [0.25, 0.3) is 0 Å². The van der Waals surface area contributed by atoms with Gasteiger partial charge in [-0.25, -0.2) is 4.79 Å². The van der Waals surface area contributed by atoms with Gasteiger partial charge >= 0.3 is 6.03 Å². The van der Waals surface area contributed by atoms with Crippen molar-refractivity contribution in [3.8, 4) is 0 Å². The van der Waals surface area contributed by atoms with Crippen LogP contribution in [0.1, 0.15) is 50.5 Å². The molecule has 2 amide bonds. The van der Waals surface area contributed by atoms with Gasteiger partial charge in [0.25, 0.3) is 0 Å². The Labute approximate surface area is 125 Å². The molecule has 1 saturated carbocycles. The fourth-order valence-electron chi connectivity index (χ4n) is 2.99. The van der Waals surface area contributed by atoms with Crippen molar-refractivity contribution in [3.63, 3.8) is 0 Å². The fraction of sp³-hybridized carbons (Fsp3) is 0.733. The summed E-state index contributed by atoms with van der Waals surface area (Å²) in [5.41, 5.74) is 0.121. The summed E-state index contributed by atoms with van der Waals surface area (Å²) in [6.07, 6.45) is 5.69. The summed E-state index contributed by atoms with van der Waals surface area (Å²) >= 11 is 0. The van der Waals surface area contributed by atoms with Crippen molar-refractivity contribution in [2.75, 3.05) is 6.61 Å². The van der Waals surface area contributed by atoms with E-state index in [0.717, 1.165) is 18.6 Å². The molecule has 0 aromatic carbocycles. The maximum atomic E-state index is 12.0. The zero-order valence-electron chi connectivity index (χ0n) is 12.8. The molecular formula is C15H25N3O3. The molecule has 0 unspecified atom stereocenters. The van der Waals surface area contributed by atoms with Gasteiger partial charge in [-0.05, 0) is 32.6 Å². The number of aliphatic hydroxyl groups is 1. The van der Waals surface area contributed by atoms with Crippen LogP contribution in [0.15, 0.2) is 10.6 Å². The maximum Gasteiger partial charge on any atom is 0.315 e. The lowest BCUT2D eigenvalue weighted by Gasteiger charge is -2.39. The van der Waals surface area contributed by atoms with Gasteiger partial charge in [-0.2, -0.15) is 0 Å². The highest BCUT2D eigenvalue weighted by atomic mass is 16.5. The summed E-state index contributed by atoms with van der Waals surface area (Å²) in [5.74, 6) is 1.05. The number of urea groups is 1. The number of hydrogen-bond acceptors (Lipinski definition) is 4. The Morgan fingerprint density at radius 1 is 1.48 bits per heavy atom. The number of aromatic nitrogens is 1. The molecular weight excluding hydrogens is 270 g/mol. The second-order valence-corrected chi connectivity index (χ2v) is 6.15. The van der Waals surface area contributed by atoms with E-state index in [1.807, 2.05) is 13.8 Å². The molecule has 1 aromatic rings. The van der Waals surface area contributed by atoms with Crippen LogP contribution in [0.3, 0.4) is 0 Å². The van der Waals surface area contributed by atoms with Crippen molar-refractivity contribution < 1.29 is 14.4 Å². The van der Waals surface area contributed by atoms with Gasteiger partial charge in [0.05, 0.1) is 18.7 Å². The van der Waals surface area contributed by atoms with E-state index in [1.165, 1.54) is 19.3 Å². The molecule has 1 fully saturated rings. The topological polar surface area (TPSA) is 87.4 Å². The summed E-state index contributed by atoms with van der Waals surface area (Å²) in [7, 11) is 0. The molecule has 0 radical (unpaired) electrons. The van der Waals surface area contributed by atoms with E-state index < -0.39 is 5.54 Å². The maximum absolute atomic E-state index is 12.0. The number of rotatable bonds is 5. The van der Waals surface area contributed by atoms with Crippen LogP contribution in [0.5, 0.6) is 0 Å². The zero-order chi connectivity index (χ0) is 15.3. The van der Waals surface area contributed by atoms with E-state index in [2.05, 4.69) is 15.8 Å². The highest BCUT2D eigenvalue weighted by Crippen LogP contribution is 2.32. The highest BCUT2D eigenvalue weighted by Gasteiger charge is 2.35. The molecule has 1 atom stereocenters. The lowest BCUT2D eigenvalue weighted by atomic mass is 9.76. The van der Waals surface area contributed by atoms with Crippen LogP contribution in [-0.2, 0) is 6.54 Å². The quantitative estimate of drug-likeness (QED) is 0.776. The second-order valence-electron chi connectivity index (χ2n) is 6.15. The molecule has 0 bridgehead atoms. The minimum Gasteiger partial charge on any atom is -0.394 e. The molecule has 3 N–H and O–H groups in total. The Kier molecular flexibility index (Phi) is 5.22. The molecule has 0 saturated heterocycles. The molecule has 6 nitrogen and oxygen atoms in total. The van der Waals surface area contributed by atoms with E-state index in [-0.39, 0.29) is 12.6 Å². The summed E-state index contributed by atoms with van der Waals surface area (Å²) < 4.78 is 4.95. The molecule has 118 valence electrons. The van der Waals surface area contributed by atoms with Crippen LogP contribution >= 0.6 is 0 Å². The Balaban J connectivity index is 1.86. The number of carbonyl (C=O) groups excluding carboxylic acids is 1. The van der Waals surface area contributed by atoms with Gasteiger partial charge in [-0.3, -0.25) is 0 Å². The first-order valence-corrected chi connectivity index (χ1v) is 7.62. The van der Waals surface area contributed by atoms with Crippen molar-refractivity contribution in [1.82, 2.24) is 15.8 Å². The number of aryl methyl sites for hydroxylation is 1. The lowest BCUT2D eigenvalue weighted by Crippen LogP contribution is -2.57. The highest BCUT2D eigenvalue weighted by molar-refractivity contribution is 5.74.